The van der Waals surface area contributed by atoms with Gasteiger partial charge in [-0.2, -0.15) is 0 Å². The number of carbonyl (C=O) groups is 2. The number of aryl methyl sites for hydroxylation is 2. The maximum atomic E-state index is 12.2. The lowest BCUT2D eigenvalue weighted by atomic mass is 9.96. The van der Waals surface area contributed by atoms with Gasteiger partial charge in [0.2, 0.25) is 5.91 Å². The van der Waals surface area contributed by atoms with Crippen LogP contribution in [-0.2, 0) is 22.4 Å². The minimum Gasteiger partial charge on any atom is -0.481 e. The number of hydrogen-bond acceptors (Lipinski definition) is 5. The van der Waals surface area contributed by atoms with Crippen molar-refractivity contribution < 1.29 is 14.7 Å². The Balaban J connectivity index is 0.000000280. The van der Waals surface area contributed by atoms with Crippen LogP contribution in [0, 0.1) is 5.92 Å². The van der Waals surface area contributed by atoms with Gasteiger partial charge in [-0.25, -0.2) is 4.98 Å². The summed E-state index contributed by atoms with van der Waals surface area (Å²) in [4.78, 5) is 29.9. The van der Waals surface area contributed by atoms with Gasteiger partial charge in [-0.05, 0) is 87.6 Å². The van der Waals surface area contributed by atoms with Crippen LogP contribution in [0.1, 0.15) is 67.7 Å². The molecular weight excluding hydrogens is 452 g/mol. The van der Waals surface area contributed by atoms with Gasteiger partial charge in [0.1, 0.15) is 5.82 Å². The Kier molecular flexibility index (Phi) is 9.73. The third-order valence-electron chi connectivity index (χ3n) is 7.22. The molecule has 3 aliphatic rings. The lowest BCUT2D eigenvalue weighted by Crippen LogP contribution is -2.43. The number of likely N-dealkylation sites (tertiary alicyclic amines) is 1. The van der Waals surface area contributed by atoms with E-state index in [1.807, 2.05) is 0 Å². The lowest BCUT2D eigenvalue weighted by molar-refractivity contribution is -0.137. The van der Waals surface area contributed by atoms with Crippen LogP contribution in [0.3, 0.4) is 0 Å². The Hall–Kier alpha value is -2.93. The summed E-state index contributed by atoms with van der Waals surface area (Å²) in [5.41, 5.74) is 3.97. The third-order valence-corrected chi connectivity index (χ3v) is 7.22. The van der Waals surface area contributed by atoms with Crippen LogP contribution in [0.2, 0.25) is 0 Å². The van der Waals surface area contributed by atoms with E-state index < -0.39 is 5.97 Å². The summed E-state index contributed by atoms with van der Waals surface area (Å²) in [5.74, 6) is 1.04. The van der Waals surface area contributed by atoms with Crippen molar-refractivity contribution >= 4 is 17.7 Å². The number of nitrogens with zero attached hydrogens (tertiary/aromatic N) is 2. The van der Waals surface area contributed by atoms with Crippen LogP contribution in [-0.4, -0.2) is 59.6 Å². The maximum absolute atomic E-state index is 12.2. The molecule has 36 heavy (non-hydrogen) atoms. The van der Waals surface area contributed by atoms with Crippen LogP contribution in [0.25, 0.3) is 0 Å². The first-order valence-electron chi connectivity index (χ1n) is 13.6. The number of fused-ring (bicyclic) bond motifs is 1. The summed E-state index contributed by atoms with van der Waals surface area (Å²) in [7, 11) is 0. The number of aliphatic carboxylic acids is 1. The van der Waals surface area contributed by atoms with Crippen LogP contribution in [0.4, 0.5) is 5.82 Å². The normalized spacial score (nSPS) is 19.3. The Morgan fingerprint density at radius 1 is 1.08 bits per heavy atom. The molecular formula is C29H40N4O3. The third kappa shape index (κ3) is 8.33. The molecule has 1 aromatic heterocycles. The first-order valence-corrected chi connectivity index (χ1v) is 13.6. The van der Waals surface area contributed by atoms with Gasteiger partial charge in [-0.1, -0.05) is 36.4 Å². The molecule has 1 unspecified atom stereocenters. The second-order valence-corrected chi connectivity index (χ2v) is 10.2. The fourth-order valence-corrected chi connectivity index (χ4v) is 5.04. The second-order valence-electron chi connectivity index (χ2n) is 10.2. The summed E-state index contributed by atoms with van der Waals surface area (Å²) in [6.07, 6.45) is 8.94. The largest absolute Gasteiger partial charge is 0.481 e. The van der Waals surface area contributed by atoms with E-state index in [4.69, 9.17) is 10.1 Å². The quantitative estimate of drug-likeness (QED) is 0.485. The van der Waals surface area contributed by atoms with E-state index in [1.165, 1.54) is 30.4 Å². The number of aromatic nitrogens is 1. The molecule has 1 atom stereocenters. The molecule has 2 aliphatic heterocycles. The maximum Gasteiger partial charge on any atom is 0.305 e. The highest BCUT2D eigenvalue weighted by molar-refractivity contribution is 5.79. The Labute approximate surface area is 214 Å². The molecule has 1 saturated carbocycles. The van der Waals surface area contributed by atoms with Gasteiger partial charge in [0.15, 0.2) is 0 Å². The standard InChI is InChI=1S/C20H30N4O3.C9H10/c25-18(26)9-11-22-20(27)16-5-2-12-24(14-16)13-3-6-17-8-7-15-4-1-10-21-19(15)23-17;1-2-4-8(5-3-1)9-6-7-9/h7-8,16H,1-6,9-14H2,(H,21,23)(H,22,27)(H,25,26);1-5,9H,6-7H2. The van der Waals surface area contributed by atoms with Crippen molar-refractivity contribution in [3.8, 4) is 0 Å². The summed E-state index contributed by atoms with van der Waals surface area (Å²) >= 11 is 0. The smallest absolute Gasteiger partial charge is 0.305 e. The van der Waals surface area contributed by atoms with Crippen molar-refractivity contribution in [1.29, 1.82) is 0 Å². The van der Waals surface area contributed by atoms with Gasteiger partial charge in [0, 0.05) is 25.3 Å². The molecule has 7 heteroatoms. The topological polar surface area (TPSA) is 94.6 Å². The zero-order valence-electron chi connectivity index (χ0n) is 21.3. The number of piperidine rings is 1. The van der Waals surface area contributed by atoms with E-state index in [9.17, 15) is 9.59 Å². The molecule has 1 aromatic carbocycles. The van der Waals surface area contributed by atoms with Gasteiger partial charge in [0.25, 0.3) is 0 Å². The predicted octanol–water partition coefficient (Wildman–Crippen LogP) is 4.24. The number of carbonyl (C=O) groups excluding carboxylic acids is 1. The highest BCUT2D eigenvalue weighted by Crippen LogP contribution is 2.39. The average molecular weight is 493 g/mol. The number of carboxylic acid groups (broad SMARTS) is 1. The van der Waals surface area contributed by atoms with Gasteiger partial charge in [-0.15, -0.1) is 0 Å². The van der Waals surface area contributed by atoms with Crippen molar-refractivity contribution in [3.05, 3.63) is 59.3 Å². The number of carboxylic acids is 1. The molecule has 194 valence electrons. The molecule has 5 rings (SSSR count). The van der Waals surface area contributed by atoms with Crippen molar-refractivity contribution in [2.75, 3.05) is 38.0 Å². The number of pyridine rings is 1. The summed E-state index contributed by atoms with van der Waals surface area (Å²) < 4.78 is 0. The van der Waals surface area contributed by atoms with Crippen LogP contribution in [0.5, 0.6) is 0 Å². The Morgan fingerprint density at radius 2 is 1.92 bits per heavy atom. The van der Waals surface area contributed by atoms with E-state index in [-0.39, 0.29) is 24.8 Å². The summed E-state index contributed by atoms with van der Waals surface area (Å²) in [5, 5.41) is 14.8. The number of hydrogen-bond donors (Lipinski definition) is 3. The van der Waals surface area contributed by atoms with E-state index in [1.54, 1.807) is 0 Å². The van der Waals surface area contributed by atoms with Gasteiger partial charge >= 0.3 is 5.97 Å². The minimum absolute atomic E-state index is 0.0108. The number of anilines is 1. The van der Waals surface area contributed by atoms with Crippen LogP contribution < -0.4 is 10.6 Å². The first kappa shape index (κ1) is 26.1. The molecule has 0 spiro atoms. The van der Waals surface area contributed by atoms with Gasteiger partial charge < -0.3 is 20.6 Å². The van der Waals surface area contributed by atoms with Crippen molar-refractivity contribution in [2.45, 2.75) is 63.7 Å². The lowest BCUT2D eigenvalue weighted by Gasteiger charge is -2.32. The van der Waals surface area contributed by atoms with Gasteiger partial charge in [-0.3, -0.25) is 9.59 Å². The average Bonchev–Trinajstić information content (AvgIpc) is 3.75. The molecule has 0 bridgehead atoms. The molecule has 2 aromatic rings. The number of amides is 1. The van der Waals surface area contributed by atoms with E-state index >= 15 is 0 Å². The number of benzene rings is 1. The number of rotatable bonds is 9. The zero-order valence-corrected chi connectivity index (χ0v) is 21.3. The van der Waals surface area contributed by atoms with Crippen LogP contribution >= 0.6 is 0 Å². The molecule has 7 nitrogen and oxygen atoms in total. The zero-order chi connectivity index (χ0) is 25.2. The van der Waals surface area contributed by atoms with E-state index in [0.717, 1.165) is 75.7 Å². The summed E-state index contributed by atoms with van der Waals surface area (Å²) in [6.45, 7) is 3.97. The molecule has 2 fully saturated rings. The summed E-state index contributed by atoms with van der Waals surface area (Å²) in [6, 6.07) is 15.1. The van der Waals surface area contributed by atoms with E-state index in [2.05, 4.69) is 58.0 Å². The monoisotopic (exact) mass is 492 g/mol. The molecule has 1 aliphatic carbocycles. The molecule has 3 N–H and O–H groups in total. The molecule has 0 radical (unpaired) electrons. The van der Waals surface area contributed by atoms with Crippen LogP contribution in [0.15, 0.2) is 42.5 Å². The fourth-order valence-electron chi connectivity index (χ4n) is 5.04. The highest BCUT2D eigenvalue weighted by Gasteiger charge is 2.25. The molecule has 1 saturated heterocycles. The van der Waals surface area contributed by atoms with Crippen molar-refractivity contribution in [1.82, 2.24) is 15.2 Å². The fraction of sp³-hybridized carbons (Fsp3) is 0.552. The predicted molar refractivity (Wildman–Crippen MR) is 142 cm³/mol. The van der Waals surface area contributed by atoms with Gasteiger partial charge in [0.05, 0.1) is 12.3 Å². The van der Waals surface area contributed by atoms with Crippen molar-refractivity contribution in [2.24, 2.45) is 5.92 Å². The minimum atomic E-state index is -0.883. The second kappa shape index (κ2) is 13.4. The molecule has 3 heterocycles. The Morgan fingerprint density at radius 3 is 2.69 bits per heavy atom. The van der Waals surface area contributed by atoms with E-state index in [0.29, 0.717) is 0 Å². The highest BCUT2D eigenvalue weighted by atomic mass is 16.4. The molecule has 1 amide bonds. The van der Waals surface area contributed by atoms with Crippen molar-refractivity contribution in [3.63, 3.8) is 0 Å². The first-order chi connectivity index (χ1) is 17.6. The SMILES string of the molecule is O=C(O)CCNC(=O)C1CCCN(CCCc2ccc3c(n2)NCCC3)C1.c1ccc(C2CC2)cc1. The Bertz CT molecular complexity index is 993. The number of nitrogens with one attached hydrogen (secondary N) is 2.